The van der Waals surface area contributed by atoms with Crippen LogP contribution >= 0.6 is 0 Å². The van der Waals surface area contributed by atoms with Gasteiger partial charge in [0.1, 0.15) is 12.4 Å². The van der Waals surface area contributed by atoms with E-state index in [1.165, 1.54) is 0 Å². The Morgan fingerprint density at radius 1 is 1.21 bits per heavy atom. The number of hydrogen-bond donors (Lipinski definition) is 3. The summed E-state index contributed by atoms with van der Waals surface area (Å²) in [6.07, 6.45) is 3.31. The van der Waals surface area contributed by atoms with E-state index in [-0.39, 0.29) is 12.6 Å². The number of aryl methyl sites for hydroxylation is 1. The smallest absolute Gasteiger partial charge is 0.407 e. The summed E-state index contributed by atoms with van der Waals surface area (Å²) in [4.78, 5) is 20.2. The fraction of sp³-hybridized carbons (Fsp3) is 0.409. The number of hydrogen-bond acceptors (Lipinski definition) is 6. The molecule has 0 spiro atoms. The van der Waals surface area contributed by atoms with Gasteiger partial charge in [-0.15, -0.1) is 0 Å². The number of alkyl carbamates (subject to hydrolysis) is 1. The third kappa shape index (κ3) is 8.09. The van der Waals surface area contributed by atoms with Crippen molar-refractivity contribution in [3.8, 4) is 11.8 Å². The lowest BCUT2D eigenvalue weighted by Crippen LogP contribution is -2.24. The van der Waals surface area contributed by atoms with Crippen molar-refractivity contribution in [1.29, 1.82) is 0 Å². The molecule has 0 aliphatic heterocycles. The monoisotopic (exact) mass is 395 g/mol. The highest BCUT2D eigenvalue weighted by molar-refractivity contribution is 5.67. The van der Waals surface area contributed by atoms with Gasteiger partial charge < -0.3 is 21.1 Å². The highest BCUT2D eigenvalue weighted by atomic mass is 16.5. The number of carbonyl (C=O) groups excluding carboxylic acids is 1. The summed E-state index contributed by atoms with van der Waals surface area (Å²) in [7, 11) is 0. The second-order valence-electron chi connectivity index (χ2n) is 6.55. The summed E-state index contributed by atoms with van der Waals surface area (Å²) in [5.74, 6) is 6.97. The SMILES string of the molecule is CCCCCNc1nc(N)nc(C)c1C#CCCOC(=O)NCc1ccccc1. The molecule has 4 N–H and O–H groups in total. The first-order chi connectivity index (χ1) is 14.1. The van der Waals surface area contributed by atoms with E-state index in [4.69, 9.17) is 10.5 Å². The Bertz CT molecular complexity index is 844. The molecule has 0 fully saturated rings. The number of nitrogens with one attached hydrogen (secondary N) is 2. The summed E-state index contributed by atoms with van der Waals surface area (Å²) in [5, 5.41) is 6.00. The van der Waals surface area contributed by atoms with Crippen LogP contribution in [0.1, 0.15) is 49.4 Å². The number of benzene rings is 1. The van der Waals surface area contributed by atoms with Crippen molar-refractivity contribution in [2.24, 2.45) is 0 Å². The Hall–Kier alpha value is -3.27. The van der Waals surface area contributed by atoms with Crippen LogP contribution in [-0.4, -0.2) is 29.2 Å². The van der Waals surface area contributed by atoms with E-state index in [0.717, 1.165) is 42.6 Å². The van der Waals surface area contributed by atoms with E-state index < -0.39 is 6.09 Å². The molecular weight excluding hydrogens is 366 g/mol. The minimum Gasteiger partial charge on any atom is -0.449 e. The topological polar surface area (TPSA) is 102 Å². The van der Waals surface area contributed by atoms with E-state index in [0.29, 0.717) is 18.8 Å². The molecule has 1 amide bonds. The quantitative estimate of drug-likeness (QED) is 0.443. The molecule has 29 heavy (non-hydrogen) atoms. The Morgan fingerprint density at radius 2 is 2.00 bits per heavy atom. The van der Waals surface area contributed by atoms with Gasteiger partial charge in [-0.05, 0) is 18.9 Å². The van der Waals surface area contributed by atoms with Crippen molar-refractivity contribution in [1.82, 2.24) is 15.3 Å². The molecule has 1 aromatic heterocycles. The van der Waals surface area contributed by atoms with Crippen molar-refractivity contribution in [3.63, 3.8) is 0 Å². The van der Waals surface area contributed by atoms with Gasteiger partial charge >= 0.3 is 6.09 Å². The standard InChI is InChI=1S/C22H29N5O2/c1-3-4-9-14-24-20-19(17(2)26-21(23)27-20)13-8-10-15-29-22(28)25-16-18-11-6-5-7-12-18/h5-7,11-12H,3-4,9-10,14-16H2,1-2H3,(H,25,28)(H3,23,24,26,27). The molecule has 1 aromatic carbocycles. The van der Waals surface area contributed by atoms with Crippen molar-refractivity contribution >= 4 is 17.9 Å². The number of carbonyl (C=O) groups is 1. The molecule has 0 unspecified atom stereocenters. The van der Waals surface area contributed by atoms with Crippen LogP contribution in [0.2, 0.25) is 0 Å². The zero-order valence-corrected chi connectivity index (χ0v) is 17.1. The van der Waals surface area contributed by atoms with Crippen molar-refractivity contribution in [2.75, 3.05) is 24.2 Å². The van der Waals surface area contributed by atoms with Gasteiger partial charge in [0.15, 0.2) is 0 Å². The van der Waals surface area contributed by atoms with Crippen LogP contribution in [0.25, 0.3) is 0 Å². The van der Waals surface area contributed by atoms with Gasteiger partial charge in [0.05, 0.1) is 11.3 Å². The third-order valence-electron chi connectivity index (χ3n) is 4.13. The molecule has 2 rings (SSSR count). The number of aromatic nitrogens is 2. The molecule has 0 bridgehead atoms. The molecule has 0 saturated carbocycles. The second-order valence-corrected chi connectivity index (χ2v) is 6.55. The van der Waals surface area contributed by atoms with Crippen LogP contribution < -0.4 is 16.4 Å². The second kappa shape index (κ2) is 12.2. The number of ether oxygens (including phenoxy) is 1. The lowest BCUT2D eigenvalue weighted by atomic mass is 10.2. The number of rotatable bonds is 9. The van der Waals surface area contributed by atoms with Crippen LogP contribution in [0.15, 0.2) is 30.3 Å². The van der Waals surface area contributed by atoms with Gasteiger partial charge in [-0.1, -0.05) is 61.9 Å². The Kier molecular flexibility index (Phi) is 9.30. The average Bonchev–Trinajstić information content (AvgIpc) is 2.71. The zero-order chi connectivity index (χ0) is 20.9. The van der Waals surface area contributed by atoms with Gasteiger partial charge in [-0.2, -0.15) is 4.98 Å². The first-order valence-electron chi connectivity index (χ1n) is 9.91. The molecule has 7 heteroatoms. The zero-order valence-electron chi connectivity index (χ0n) is 17.1. The lowest BCUT2D eigenvalue weighted by molar-refractivity contribution is 0.148. The van der Waals surface area contributed by atoms with Gasteiger partial charge in [0.25, 0.3) is 0 Å². The van der Waals surface area contributed by atoms with Crippen LogP contribution in [0, 0.1) is 18.8 Å². The maximum absolute atomic E-state index is 11.7. The van der Waals surface area contributed by atoms with Crippen molar-refractivity contribution < 1.29 is 9.53 Å². The third-order valence-corrected chi connectivity index (χ3v) is 4.13. The van der Waals surface area contributed by atoms with Gasteiger partial charge in [-0.25, -0.2) is 9.78 Å². The fourth-order valence-corrected chi connectivity index (χ4v) is 2.62. The summed E-state index contributed by atoms with van der Waals surface area (Å²) in [6, 6.07) is 9.66. The molecule has 0 aliphatic rings. The van der Waals surface area contributed by atoms with Crippen LogP contribution in [-0.2, 0) is 11.3 Å². The maximum Gasteiger partial charge on any atom is 0.407 e. The van der Waals surface area contributed by atoms with Crippen LogP contribution in [0.3, 0.4) is 0 Å². The van der Waals surface area contributed by atoms with Gasteiger partial charge in [-0.3, -0.25) is 0 Å². The largest absolute Gasteiger partial charge is 0.449 e. The summed E-state index contributed by atoms with van der Waals surface area (Å²) in [5.41, 5.74) is 8.23. The van der Waals surface area contributed by atoms with E-state index in [2.05, 4.69) is 39.4 Å². The summed E-state index contributed by atoms with van der Waals surface area (Å²) >= 11 is 0. The molecule has 7 nitrogen and oxygen atoms in total. The summed E-state index contributed by atoms with van der Waals surface area (Å²) in [6.45, 7) is 5.46. The minimum atomic E-state index is -0.457. The van der Waals surface area contributed by atoms with Crippen LogP contribution in [0.4, 0.5) is 16.6 Å². The van der Waals surface area contributed by atoms with Crippen LogP contribution in [0.5, 0.6) is 0 Å². The minimum absolute atomic E-state index is 0.210. The predicted octanol–water partition coefficient (Wildman–Crippen LogP) is 3.64. The fourth-order valence-electron chi connectivity index (χ4n) is 2.62. The van der Waals surface area contributed by atoms with Crippen molar-refractivity contribution in [2.45, 2.75) is 46.1 Å². The normalized spacial score (nSPS) is 10.0. The first kappa shape index (κ1) is 22.0. The number of unbranched alkanes of at least 4 members (excludes halogenated alkanes) is 2. The molecule has 1 heterocycles. The molecule has 0 atom stereocenters. The van der Waals surface area contributed by atoms with E-state index in [1.54, 1.807) is 0 Å². The molecule has 0 aliphatic carbocycles. The molecular formula is C22H29N5O2. The molecule has 0 saturated heterocycles. The van der Waals surface area contributed by atoms with E-state index >= 15 is 0 Å². The number of nitrogens with zero attached hydrogens (tertiary/aromatic N) is 2. The predicted molar refractivity (Wildman–Crippen MR) is 115 cm³/mol. The van der Waals surface area contributed by atoms with Crippen molar-refractivity contribution in [3.05, 3.63) is 47.2 Å². The first-order valence-corrected chi connectivity index (χ1v) is 9.91. The number of nitrogens with two attached hydrogens (primary N) is 1. The van der Waals surface area contributed by atoms with Gasteiger partial charge in [0.2, 0.25) is 5.95 Å². The van der Waals surface area contributed by atoms with Gasteiger partial charge in [0, 0.05) is 19.5 Å². The Balaban J connectivity index is 1.82. The van der Waals surface area contributed by atoms with E-state index in [9.17, 15) is 4.79 Å². The molecule has 2 aromatic rings. The summed E-state index contributed by atoms with van der Waals surface area (Å²) < 4.78 is 5.15. The average molecular weight is 396 g/mol. The number of amides is 1. The number of anilines is 2. The Labute approximate surface area is 172 Å². The molecule has 154 valence electrons. The van der Waals surface area contributed by atoms with E-state index in [1.807, 2.05) is 37.3 Å². The highest BCUT2D eigenvalue weighted by Gasteiger charge is 2.08. The number of nitrogen functional groups attached to an aromatic ring is 1. The maximum atomic E-state index is 11.7. The molecule has 0 radical (unpaired) electrons. The lowest BCUT2D eigenvalue weighted by Gasteiger charge is -2.10. The highest BCUT2D eigenvalue weighted by Crippen LogP contribution is 2.16. The Morgan fingerprint density at radius 3 is 2.76 bits per heavy atom.